The van der Waals surface area contributed by atoms with E-state index in [1.165, 1.54) is 16.7 Å². The molecule has 8 heteroatoms. The molecule has 2 amide bonds. The molecule has 0 radical (unpaired) electrons. The number of allylic oxidation sites excluding steroid dienone is 1. The van der Waals surface area contributed by atoms with E-state index >= 15 is 0 Å². The minimum absolute atomic E-state index is 0.0137. The average molecular weight is 349 g/mol. The molecule has 0 aromatic carbocycles. The highest BCUT2D eigenvalue weighted by Crippen LogP contribution is 2.40. The van der Waals surface area contributed by atoms with Crippen LogP contribution in [0.3, 0.4) is 0 Å². The number of amides is 2. The van der Waals surface area contributed by atoms with Crippen molar-refractivity contribution in [2.75, 3.05) is 12.3 Å². The van der Waals surface area contributed by atoms with E-state index in [0.29, 0.717) is 29.4 Å². The molecule has 0 spiro atoms. The number of rotatable bonds is 3. The first-order chi connectivity index (χ1) is 11.5. The molecular formula is C16H19N3O4S. The first-order valence-electron chi connectivity index (χ1n) is 8.17. The Hall–Kier alpha value is -1.80. The summed E-state index contributed by atoms with van der Waals surface area (Å²) < 4.78 is 0. The van der Waals surface area contributed by atoms with E-state index in [1.54, 1.807) is 6.08 Å². The highest BCUT2D eigenvalue weighted by atomic mass is 32.2. The smallest absolute Gasteiger partial charge is 0.352 e. The molecule has 3 aliphatic heterocycles. The summed E-state index contributed by atoms with van der Waals surface area (Å²) in [5.74, 6) is -1.05. The summed E-state index contributed by atoms with van der Waals surface area (Å²) in [7, 11) is 0. The number of aliphatic carboxylic acids is 1. The second-order valence-electron chi connectivity index (χ2n) is 6.62. The predicted molar refractivity (Wildman–Crippen MR) is 87.8 cm³/mol. The van der Waals surface area contributed by atoms with Crippen LogP contribution in [0.25, 0.3) is 0 Å². The van der Waals surface area contributed by atoms with Gasteiger partial charge in [0, 0.05) is 23.9 Å². The monoisotopic (exact) mass is 349 g/mol. The number of β-lactam (4-membered cyclic amide) rings is 1. The van der Waals surface area contributed by atoms with Crippen molar-refractivity contribution in [3.8, 4) is 0 Å². The lowest BCUT2D eigenvalue weighted by Gasteiger charge is -2.47. The molecule has 3 heterocycles. The van der Waals surface area contributed by atoms with E-state index in [2.05, 4.69) is 0 Å². The Labute approximate surface area is 143 Å². The molecule has 2 atom stereocenters. The summed E-state index contributed by atoms with van der Waals surface area (Å²) in [6, 6.07) is -0.283. The molecule has 24 heavy (non-hydrogen) atoms. The zero-order valence-corrected chi connectivity index (χ0v) is 13.9. The summed E-state index contributed by atoms with van der Waals surface area (Å²) in [6.07, 6.45) is 5.35. The summed E-state index contributed by atoms with van der Waals surface area (Å²) in [4.78, 5) is 39.4. The van der Waals surface area contributed by atoms with Gasteiger partial charge in [-0.1, -0.05) is 0 Å². The Morgan fingerprint density at radius 1 is 1.33 bits per heavy atom. The first kappa shape index (κ1) is 15.7. The van der Waals surface area contributed by atoms with E-state index in [1.807, 2.05) is 4.90 Å². The van der Waals surface area contributed by atoms with Crippen LogP contribution >= 0.6 is 11.8 Å². The van der Waals surface area contributed by atoms with Crippen molar-refractivity contribution >= 4 is 29.5 Å². The molecule has 1 saturated carbocycles. The van der Waals surface area contributed by atoms with Crippen molar-refractivity contribution in [1.82, 2.24) is 9.80 Å². The van der Waals surface area contributed by atoms with Crippen LogP contribution in [0.15, 0.2) is 22.9 Å². The standard InChI is InChI=1S/C16H19N3O4S/c17-11-14(21)19-12(16(22)23)9(7-24-15(11)19)6-8-2-1-5-18(13(8)20)10-3-4-10/h6,10-11,15H,1-5,7,17H2,(H,22,23)/b8-6+/t11-,15-/m1/s1. The van der Waals surface area contributed by atoms with E-state index < -0.39 is 12.0 Å². The number of thioether (sulfide) groups is 1. The fourth-order valence-corrected chi connectivity index (χ4v) is 4.81. The van der Waals surface area contributed by atoms with Crippen LogP contribution in [0, 0.1) is 0 Å². The fourth-order valence-electron chi connectivity index (χ4n) is 3.56. The molecule has 0 aromatic heterocycles. The largest absolute Gasteiger partial charge is 0.477 e. The Kier molecular flexibility index (Phi) is 3.69. The van der Waals surface area contributed by atoms with Gasteiger partial charge in [0.05, 0.1) is 0 Å². The summed E-state index contributed by atoms with van der Waals surface area (Å²) in [5, 5.41) is 9.24. The predicted octanol–water partition coefficient (Wildman–Crippen LogP) is 0.279. The van der Waals surface area contributed by atoms with Crippen LogP contribution in [-0.2, 0) is 14.4 Å². The Morgan fingerprint density at radius 2 is 2.08 bits per heavy atom. The van der Waals surface area contributed by atoms with Gasteiger partial charge in [0.2, 0.25) is 11.8 Å². The molecule has 1 aliphatic carbocycles. The fraction of sp³-hybridized carbons (Fsp3) is 0.562. The van der Waals surface area contributed by atoms with Crippen LogP contribution in [0.1, 0.15) is 25.7 Å². The van der Waals surface area contributed by atoms with Crippen LogP contribution in [0.2, 0.25) is 0 Å². The SMILES string of the molecule is N[C@@H]1C(=O)N2C(C(=O)O)=C(/C=C3\CCCN(C4CC4)C3=O)CS[C@H]12. The minimum Gasteiger partial charge on any atom is -0.477 e. The van der Waals surface area contributed by atoms with Gasteiger partial charge in [-0.25, -0.2) is 4.79 Å². The van der Waals surface area contributed by atoms with Gasteiger partial charge >= 0.3 is 5.97 Å². The van der Waals surface area contributed by atoms with Crippen LogP contribution in [0.4, 0.5) is 0 Å². The third-order valence-electron chi connectivity index (χ3n) is 4.96. The maximum absolute atomic E-state index is 12.6. The second kappa shape index (κ2) is 5.63. The van der Waals surface area contributed by atoms with E-state index in [-0.39, 0.29) is 22.9 Å². The van der Waals surface area contributed by atoms with Crippen molar-refractivity contribution in [3.05, 3.63) is 22.9 Å². The quantitative estimate of drug-likeness (QED) is 0.560. The molecule has 4 aliphatic rings. The van der Waals surface area contributed by atoms with Gasteiger partial charge in [0.15, 0.2) is 0 Å². The lowest BCUT2D eigenvalue weighted by molar-refractivity contribution is -0.147. The van der Waals surface area contributed by atoms with Crippen molar-refractivity contribution < 1.29 is 19.5 Å². The van der Waals surface area contributed by atoms with Gasteiger partial charge in [-0.2, -0.15) is 0 Å². The lowest BCUT2D eigenvalue weighted by Crippen LogP contribution is -2.68. The Morgan fingerprint density at radius 3 is 2.75 bits per heavy atom. The normalized spacial score (nSPS) is 32.1. The number of carbonyl (C=O) groups is 3. The number of nitrogens with zero attached hydrogens (tertiary/aromatic N) is 2. The number of nitrogens with two attached hydrogens (primary N) is 1. The van der Waals surface area contributed by atoms with Gasteiger partial charge < -0.3 is 15.7 Å². The van der Waals surface area contributed by atoms with Gasteiger partial charge in [-0.3, -0.25) is 14.5 Å². The van der Waals surface area contributed by atoms with Gasteiger partial charge in [-0.05, 0) is 37.3 Å². The molecule has 3 N–H and O–H groups in total. The second-order valence-corrected chi connectivity index (χ2v) is 7.72. The van der Waals surface area contributed by atoms with Crippen LogP contribution in [0.5, 0.6) is 0 Å². The maximum Gasteiger partial charge on any atom is 0.352 e. The molecule has 0 bridgehead atoms. The number of piperidine rings is 1. The maximum atomic E-state index is 12.6. The topological polar surface area (TPSA) is 104 Å². The van der Waals surface area contributed by atoms with E-state index in [9.17, 15) is 19.5 Å². The van der Waals surface area contributed by atoms with E-state index in [0.717, 1.165) is 25.8 Å². The van der Waals surface area contributed by atoms with Crippen molar-refractivity contribution in [2.24, 2.45) is 5.73 Å². The summed E-state index contributed by atoms with van der Waals surface area (Å²) >= 11 is 1.45. The first-order valence-corrected chi connectivity index (χ1v) is 9.22. The summed E-state index contributed by atoms with van der Waals surface area (Å²) in [6.45, 7) is 0.780. The van der Waals surface area contributed by atoms with Crippen molar-refractivity contribution in [3.63, 3.8) is 0 Å². The molecule has 3 fully saturated rings. The van der Waals surface area contributed by atoms with Crippen molar-refractivity contribution in [1.29, 1.82) is 0 Å². The average Bonchev–Trinajstić information content (AvgIpc) is 3.40. The van der Waals surface area contributed by atoms with E-state index in [4.69, 9.17) is 5.73 Å². The van der Waals surface area contributed by atoms with Crippen LogP contribution < -0.4 is 5.73 Å². The number of hydrogen-bond donors (Lipinski definition) is 2. The van der Waals surface area contributed by atoms with Crippen molar-refractivity contribution in [2.45, 2.75) is 43.1 Å². The number of hydrogen-bond acceptors (Lipinski definition) is 5. The summed E-state index contributed by atoms with van der Waals surface area (Å²) in [5.41, 5.74) is 6.91. The highest BCUT2D eigenvalue weighted by Gasteiger charge is 2.51. The highest BCUT2D eigenvalue weighted by molar-refractivity contribution is 8.00. The number of carbonyl (C=O) groups excluding carboxylic acids is 2. The minimum atomic E-state index is -1.14. The van der Waals surface area contributed by atoms with Gasteiger partial charge in [0.1, 0.15) is 17.1 Å². The Balaban J connectivity index is 1.67. The zero-order chi connectivity index (χ0) is 17.0. The number of carboxylic acid groups (broad SMARTS) is 1. The Bertz CT molecular complexity index is 697. The number of fused-ring (bicyclic) bond motifs is 1. The van der Waals surface area contributed by atoms with Crippen LogP contribution in [-0.4, -0.2) is 62.4 Å². The number of carboxylic acids is 1. The molecule has 4 rings (SSSR count). The zero-order valence-electron chi connectivity index (χ0n) is 13.1. The third-order valence-corrected chi connectivity index (χ3v) is 6.28. The third kappa shape index (κ3) is 2.36. The lowest BCUT2D eigenvalue weighted by atomic mass is 9.98. The molecule has 0 aromatic rings. The van der Waals surface area contributed by atoms with Gasteiger partial charge in [-0.15, -0.1) is 11.8 Å². The molecule has 0 unspecified atom stereocenters. The number of likely N-dealkylation sites (tertiary alicyclic amines) is 1. The molecule has 2 saturated heterocycles. The molecule has 7 nitrogen and oxygen atoms in total. The molecule has 128 valence electrons. The molecular weight excluding hydrogens is 330 g/mol. The van der Waals surface area contributed by atoms with Gasteiger partial charge in [0.25, 0.3) is 0 Å².